The van der Waals surface area contributed by atoms with Crippen LogP contribution in [-0.4, -0.2) is 47.1 Å². The highest BCUT2D eigenvalue weighted by Crippen LogP contribution is 2.22. The molecule has 0 spiro atoms. The molecule has 1 aliphatic rings. The Morgan fingerprint density at radius 3 is 2.57 bits per heavy atom. The summed E-state index contributed by atoms with van der Waals surface area (Å²) in [5.41, 5.74) is 1.22. The predicted molar refractivity (Wildman–Crippen MR) is 88.9 cm³/mol. The molecule has 1 saturated heterocycles. The van der Waals surface area contributed by atoms with Crippen LogP contribution in [0.2, 0.25) is 0 Å². The predicted octanol–water partition coefficient (Wildman–Crippen LogP) is 2.76. The highest BCUT2D eigenvalue weighted by molar-refractivity contribution is 5.57. The Morgan fingerprint density at radius 1 is 1.19 bits per heavy atom. The molecule has 2 N–H and O–H groups in total. The van der Waals surface area contributed by atoms with E-state index in [-0.39, 0.29) is 0 Å². The van der Waals surface area contributed by atoms with E-state index in [1.807, 2.05) is 0 Å². The number of anilines is 2. The van der Waals surface area contributed by atoms with Gasteiger partial charge in [-0.1, -0.05) is 13.3 Å². The van der Waals surface area contributed by atoms with Crippen molar-refractivity contribution in [3.63, 3.8) is 0 Å². The van der Waals surface area contributed by atoms with Crippen LogP contribution in [0.5, 0.6) is 0 Å². The Hall–Kier alpha value is -1.36. The summed E-state index contributed by atoms with van der Waals surface area (Å²) in [4.78, 5) is 11.4. The van der Waals surface area contributed by atoms with Crippen molar-refractivity contribution in [3.05, 3.63) is 11.9 Å². The number of likely N-dealkylation sites (tertiary alicyclic amines) is 1. The van der Waals surface area contributed by atoms with E-state index in [0.29, 0.717) is 6.04 Å². The molecular formula is C16H29N5. The molecule has 0 amide bonds. The molecular weight excluding hydrogens is 262 g/mol. The Labute approximate surface area is 128 Å². The lowest BCUT2D eigenvalue weighted by molar-refractivity contribution is 0.327. The smallest absolute Gasteiger partial charge is 0.134 e. The van der Waals surface area contributed by atoms with E-state index in [0.717, 1.165) is 37.6 Å². The standard InChI is InChI=1S/C16H29N5/c1-4-8-14-15(17-5-2)18-12-19-16(14)20-13(3)11-21-9-6-7-10-21/h12-13H,4-11H2,1-3H3,(H2,17,18,19,20). The van der Waals surface area contributed by atoms with Crippen molar-refractivity contribution in [2.45, 2.75) is 52.5 Å². The van der Waals surface area contributed by atoms with Gasteiger partial charge in [-0.15, -0.1) is 0 Å². The molecule has 0 aromatic carbocycles. The molecule has 1 atom stereocenters. The molecule has 2 heterocycles. The monoisotopic (exact) mass is 291 g/mol. The van der Waals surface area contributed by atoms with E-state index >= 15 is 0 Å². The van der Waals surface area contributed by atoms with E-state index in [9.17, 15) is 0 Å². The number of rotatable bonds is 8. The number of nitrogens with zero attached hydrogens (tertiary/aromatic N) is 3. The SMILES string of the molecule is CCCc1c(NCC)ncnc1NC(C)CN1CCCC1. The Morgan fingerprint density at radius 2 is 1.90 bits per heavy atom. The fourth-order valence-corrected chi connectivity index (χ4v) is 2.97. The van der Waals surface area contributed by atoms with Gasteiger partial charge in [0, 0.05) is 24.7 Å². The second-order valence-electron chi connectivity index (χ2n) is 5.88. The van der Waals surface area contributed by atoms with Gasteiger partial charge in [0.25, 0.3) is 0 Å². The quantitative estimate of drug-likeness (QED) is 0.771. The summed E-state index contributed by atoms with van der Waals surface area (Å²) in [6, 6.07) is 0.406. The fourth-order valence-electron chi connectivity index (χ4n) is 2.97. The molecule has 0 radical (unpaired) electrons. The lowest BCUT2D eigenvalue weighted by Gasteiger charge is -2.23. The number of hydrogen-bond acceptors (Lipinski definition) is 5. The molecule has 21 heavy (non-hydrogen) atoms. The maximum absolute atomic E-state index is 4.47. The lowest BCUT2D eigenvalue weighted by Crippen LogP contribution is -2.33. The van der Waals surface area contributed by atoms with Crippen LogP contribution in [0.15, 0.2) is 6.33 Å². The summed E-state index contributed by atoms with van der Waals surface area (Å²) in [7, 11) is 0. The average molecular weight is 291 g/mol. The molecule has 118 valence electrons. The minimum atomic E-state index is 0.406. The first kappa shape index (κ1) is 16.0. The van der Waals surface area contributed by atoms with Crippen LogP contribution in [0.3, 0.4) is 0 Å². The van der Waals surface area contributed by atoms with Crippen LogP contribution in [0.1, 0.15) is 45.6 Å². The summed E-state index contributed by atoms with van der Waals surface area (Å²) in [5.74, 6) is 1.97. The van der Waals surface area contributed by atoms with Crippen LogP contribution in [0, 0.1) is 0 Å². The molecule has 1 fully saturated rings. The third kappa shape index (κ3) is 4.56. The van der Waals surface area contributed by atoms with Crippen LogP contribution >= 0.6 is 0 Å². The first-order chi connectivity index (χ1) is 10.2. The van der Waals surface area contributed by atoms with E-state index in [2.05, 4.69) is 46.3 Å². The summed E-state index contributed by atoms with van der Waals surface area (Å²) in [5, 5.41) is 6.93. The molecule has 2 rings (SSSR count). The maximum Gasteiger partial charge on any atom is 0.134 e. The zero-order valence-electron chi connectivity index (χ0n) is 13.7. The topological polar surface area (TPSA) is 53.1 Å². The van der Waals surface area contributed by atoms with Crippen LogP contribution in [0.25, 0.3) is 0 Å². The maximum atomic E-state index is 4.47. The van der Waals surface area contributed by atoms with Gasteiger partial charge in [-0.25, -0.2) is 9.97 Å². The lowest BCUT2D eigenvalue weighted by atomic mass is 10.1. The van der Waals surface area contributed by atoms with Crippen molar-refractivity contribution in [2.75, 3.05) is 36.8 Å². The molecule has 5 heteroatoms. The van der Waals surface area contributed by atoms with E-state index in [1.165, 1.54) is 31.5 Å². The summed E-state index contributed by atoms with van der Waals surface area (Å²) < 4.78 is 0. The molecule has 1 aromatic heterocycles. The minimum Gasteiger partial charge on any atom is -0.370 e. The fraction of sp³-hybridized carbons (Fsp3) is 0.750. The van der Waals surface area contributed by atoms with Crippen molar-refractivity contribution in [1.29, 1.82) is 0 Å². The highest BCUT2D eigenvalue weighted by Gasteiger charge is 2.17. The van der Waals surface area contributed by atoms with Crippen molar-refractivity contribution in [2.24, 2.45) is 0 Å². The highest BCUT2D eigenvalue weighted by atomic mass is 15.2. The van der Waals surface area contributed by atoms with E-state index in [4.69, 9.17) is 0 Å². The molecule has 1 aliphatic heterocycles. The molecule has 0 aliphatic carbocycles. The van der Waals surface area contributed by atoms with Gasteiger partial charge >= 0.3 is 0 Å². The normalized spacial score (nSPS) is 16.9. The summed E-state index contributed by atoms with van der Waals surface area (Å²) >= 11 is 0. The second kappa shape index (κ2) is 8.17. The Balaban J connectivity index is 2.04. The minimum absolute atomic E-state index is 0.406. The van der Waals surface area contributed by atoms with Crippen molar-refractivity contribution >= 4 is 11.6 Å². The van der Waals surface area contributed by atoms with Crippen molar-refractivity contribution in [1.82, 2.24) is 14.9 Å². The molecule has 1 unspecified atom stereocenters. The van der Waals surface area contributed by atoms with Crippen molar-refractivity contribution < 1.29 is 0 Å². The second-order valence-corrected chi connectivity index (χ2v) is 5.88. The van der Waals surface area contributed by atoms with Gasteiger partial charge < -0.3 is 15.5 Å². The summed E-state index contributed by atoms with van der Waals surface area (Å²) in [6.45, 7) is 11.0. The third-order valence-corrected chi connectivity index (χ3v) is 3.90. The first-order valence-electron chi connectivity index (χ1n) is 8.31. The molecule has 0 bridgehead atoms. The number of aromatic nitrogens is 2. The molecule has 0 saturated carbocycles. The van der Waals surface area contributed by atoms with E-state index in [1.54, 1.807) is 6.33 Å². The van der Waals surface area contributed by atoms with Gasteiger partial charge in [0.15, 0.2) is 0 Å². The summed E-state index contributed by atoms with van der Waals surface area (Å²) in [6.07, 6.45) is 6.43. The Kier molecular flexibility index (Phi) is 6.23. The Bertz CT molecular complexity index is 429. The van der Waals surface area contributed by atoms with Gasteiger partial charge in [-0.2, -0.15) is 0 Å². The third-order valence-electron chi connectivity index (χ3n) is 3.90. The van der Waals surface area contributed by atoms with Crippen LogP contribution < -0.4 is 10.6 Å². The van der Waals surface area contributed by atoms with Crippen LogP contribution in [-0.2, 0) is 6.42 Å². The van der Waals surface area contributed by atoms with Gasteiger partial charge in [0.05, 0.1) is 0 Å². The van der Waals surface area contributed by atoms with Gasteiger partial charge in [-0.3, -0.25) is 0 Å². The van der Waals surface area contributed by atoms with Gasteiger partial charge in [0.2, 0.25) is 0 Å². The molecule has 1 aromatic rings. The number of hydrogen-bond donors (Lipinski definition) is 2. The van der Waals surface area contributed by atoms with Gasteiger partial charge in [0.1, 0.15) is 18.0 Å². The van der Waals surface area contributed by atoms with E-state index < -0.39 is 0 Å². The largest absolute Gasteiger partial charge is 0.370 e. The van der Waals surface area contributed by atoms with Crippen molar-refractivity contribution in [3.8, 4) is 0 Å². The zero-order chi connectivity index (χ0) is 15.1. The van der Waals surface area contributed by atoms with Crippen LogP contribution in [0.4, 0.5) is 11.6 Å². The number of nitrogens with one attached hydrogen (secondary N) is 2. The zero-order valence-corrected chi connectivity index (χ0v) is 13.7. The first-order valence-corrected chi connectivity index (χ1v) is 8.31. The molecule has 5 nitrogen and oxygen atoms in total. The van der Waals surface area contributed by atoms with Gasteiger partial charge in [-0.05, 0) is 46.2 Å². The average Bonchev–Trinajstić information content (AvgIpc) is 2.95.